The zero-order valence-corrected chi connectivity index (χ0v) is 13.0. The summed E-state index contributed by atoms with van der Waals surface area (Å²) >= 11 is 0. The first-order chi connectivity index (χ1) is 11.2. The average molecular weight is 304 g/mol. The number of ether oxygens (including phenoxy) is 1. The van der Waals surface area contributed by atoms with Crippen LogP contribution in [0.25, 0.3) is 5.69 Å². The van der Waals surface area contributed by atoms with E-state index in [0.29, 0.717) is 5.69 Å². The van der Waals surface area contributed by atoms with Crippen LogP contribution in [0.5, 0.6) is 5.75 Å². The Hall–Kier alpha value is -3.13. The van der Waals surface area contributed by atoms with Gasteiger partial charge in [-0.15, -0.1) is 5.10 Å². The molecule has 0 N–H and O–H groups in total. The molecule has 0 fully saturated rings. The van der Waals surface area contributed by atoms with E-state index in [0.717, 1.165) is 17.0 Å². The van der Waals surface area contributed by atoms with Crippen molar-refractivity contribution < 1.29 is 4.74 Å². The lowest BCUT2D eigenvalue weighted by Crippen LogP contribution is -2.08. The fraction of sp³-hybridized carbons (Fsp3) is 0.167. The summed E-state index contributed by atoms with van der Waals surface area (Å²) in [6, 6.07) is 17.6. The lowest BCUT2D eigenvalue weighted by Gasteiger charge is -2.11. The van der Waals surface area contributed by atoms with Gasteiger partial charge in [0.25, 0.3) is 0 Å². The summed E-state index contributed by atoms with van der Waals surface area (Å²) in [5, 5.41) is 17.4. The summed E-state index contributed by atoms with van der Waals surface area (Å²) in [6.45, 7) is 4.28. The molecule has 3 aromatic rings. The lowest BCUT2D eigenvalue weighted by molar-refractivity contribution is 0.297. The SMILES string of the molecule is Cc1ccc(-n2nnc(C#N)c2COc2ccccc2)c(C)c1. The van der Waals surface area contributed by atoms with Gasteiger partial charge in [0.15, 0.2) is 5.69 Å². The van der Waals surface area contributed by atoms with E-state index in [1.165, 1.54) is 5.56 Å². The van der Waals surface area contributed by atoms with Gasteiger partial charge in [-0.1, -0.05) is 41.1 Å². The van der Waals surface area contributed by atoms with Gasteiger partial charge in [0, 0.05) is 0 Å². The maximum atomic E-state index is 9.27. The van der Waals surface area contributed by atoms with E-state index in [1.54, 1.807) is 4.68 Å². The Morgan fingerprint density at radius 3 is 2.61 bits per heavy atom. The van der Waals surface area contributed by atoms with Crippen LogP contribution in [0, 0.1) is 25.2 Å². The van der Waals surface area contributed by atoms with Gasteiger partial charge >= 0.3 is 0 Å². The van der Waals surface area contributed by atoms with Crippen LogP contribution in [0.15, 0.2) is 48.5 Å². The Balaban J connectivity index is 1.96. The standard InChI is InChI=1S/C18H16N4O/c1-13-8-9-17(14(2)10-13)22-18(16(11-19)20-21-22)12-23-15-6-4-3-5-7-15/h3-10H,12H2,1-2H3. The molecule has 0 radical (unpaired) electrons. The van der Waals surface area contributed by atoms with E-state index in [2.05, 4.69) is 22.4 Å². The van der Waals surface area contributed by atoms with Crippen LogP contribution < -0.4 is 4.74 Å². The Kier molecular flexibility index (Phi) is 4.07. The Morgan fingerprint density at radius 1 is 1.13 bits per heavy atom. The van der Waals surface area contributed by atoms with E-state index in [1.807, 2.05) is 56.3 Å². The van der Waals surface area contributed by atoms with Crippen molar-refractivity contribution in [3.05, 3.63) is 71.0 Å². The summed E-state index contributed by atoms with van der Waals surface area (Å²) in [5.74, 6) is 0.741. The average Bonchev–Trinajstić information content (AvgIpc) is 2.96. The van der Waals surface area contributed by atoms with Gasteiger partial charge in [0.1, 0.15) is 24.1 Å². The van der Waals surface area contributed by atoms with Crippen molar-refractivity contribution in [1.29, 1.82) is 5.26 Å². The number of aryl methyl sites for hydroxylation is 2. The van der Waals surface area contributed by atoms with E-state index >= 15 is 0 Å². The van der Waals surface area contributed by atoms with Gasteiger partial charge in [0.05, 0.1) is 5.69 Å². The van der Waals surface area contributed by atoms with Crippen LogP contribution >= 0.6 is 0 Å². The molecule has 23 heavy (non-hydrogen) atoms. The van der Waals surface area contributed by atoms with Crippen LogP contribution in [-0.2, 0) is 6.61 Å². The first-order valence-corrected chi connectivity index (χ1v) is 7.29. The van der Waals surface area contributed by atoms with Crippen molar-refractivity contribution in [2.75, 3.05) is 0 Å². The number of benzene rings is 2. The molecule has 0 amide bonds. The second-order valence-electron chi connectivity index (χ2n) is 5.30. The number of nitrogens with zero attached hydrogens (tertiary/aromatic N) is 4. The zero-order valence-electron chi connectivity index (χ0n) is 13.0. The Labute approximate surface area is 134 Å². The molecule has 0 atom stereocenters. The lowest BCUT2D eigenvalue weighted by atomic mass is 10.1. The predicted octanol–water partition coefficient (Wildman–Crippen LogP) is 3.33. The molecule has 3 rings (SSSR count). The van der Waals surface area contributed by atoms with Crippen molar-refractivity contribution in [3.8, 4) is 17.5 Å². The van der Waals surface area contributed by atoms with Gasteiger partial charge in [-0.05, 0) is 37.6 Å². The van der Waals surface area contributed by atoms with Crippen molar-refractivity contribution in [1.82, 2.24) is 15.0 Å². The Bertz CT molecular complexity index is 862. The molecule has 114 valence electrons. The molecular formula is C18H16N4O. The topological polar surface area (TPSA) is 63.7 Å². The summed E-state index contributed by atoms with van der Waals surface area (Å²) < 4.78 is 7.44. The Morgan fingerprint density at radius 2 is 1.91 bits per heavy atom. The van der Waals surface area contributed by atoms with Gasteiger partial charge < -0.3 is 4.74 Å². The van der Waals surface area contributed by atoms with Gasteiger partial charge in [-0.25, -0.2) is 4.68 Å². The van der Waals surface area contributed by atoms with Crippen LogP contribution in [0.1, 0.15) is 22.5 Å². The number of rotatable bonds is 4. The maximum absolute atomic E-state index is 9.27. The molecule has 0 aliphatic rings. The monoisotopic (exact) mass is 304 g/mol. The van der Waals surface area contributed by atoms with Gasteiger partial charge in [-0.2, -0.15) is 5.26 Å². The molecule has 5 heteroatoms. The summed E-state index contributed by atoms with van der Waals surface area (Å²) in [4.78, 5) is 0. The van der Waals surface area contributed by atoms with Crippen LogP contribution in [0.4, 0.5) is 0 Å². The highest BCUT2D eigenvalue weighted by Crippen LogP contribution is 2.20. The third-order valence-electron chi connectivity index (χ3n) is 3.57. The molecule has 0 spiro atoms. The fourth-order valence-corrected chi connectivity index (χ4v) is 2.42. The largest absolute Gasteiger partial charge is 0.487 e. The molecule has 0 unspecified atom stereocenters. The molecule has 1 aromatic heterocycles. The summed E-state index contributed by atoms with van der Waals surface area (Å²) in [7, 11) is 0. The molecule has 0 saturated heterocycles. The minimum Gasteiger partial charge on any atom is -0.487 e. The van der Waals surface area contributed by atoms with E-state index in [4.69, 9.17) is 4.74 Å². The first kappa shape index (κ1) is 14.8. The van der Waals surface area contributed by atoms with Crippen LogP contribution in [-0.4, -0.2) is 15.0 Å². The molecule has 5 nitrogen and oxygen atoms in total. The van der Waals surface area contributed by atoms with E-state index in [9.17, 15) is 5.26 Å². The molecule has 2 aromatic carbocycles. The van der Waals surface area contributed by atoms with Gasteiger partial charge in [0.2, 0.25) is 0 Å². The minimum atomic E-state index is 0.229. The number of aromatic nitrogens is 3. The number of hydrogen-bond donors (Lipinski definition) is 0. The van der Waals surface area contributed by atoms with Crippen molar-refractivity contribution in [2.24, 2.45) is 0 Å². The van der Waals surface area contributed by atoms with E-state index < -0.39 is 0 Å². The molecule has 0 aliphatic heterocycles. The summed E-state index contributed by atoms with van der Waals surface area (Å²) in [5.41, 5.74) is 4.06. The third kappa shape index (κ3) is 3.06. The molecule has 0 bridgehead atoms. The second-order valence-corrected chi connectivity index (χ2v) is 5.30. The highest BCUT2D eigenvalue weighted by molar-refractivity contribution is 5.44. The van der Waals surface area contributed by atoms with Crippen molar-refractivity contribution in [2.45, 2.75) is 20.5 Å². The number of nitriles is 1. The number of para-hydroxylation sites is 1. The molecule has 0 aliphatic carbocycles. The fourth-order valence-electron chi connectivity index (χ4n) is 2.42. The first-order valence-electron chi connectivity index (χ1n) is 7.29. The third-order valence-corrected chi connectivity index (χ3v) is 3.57. The molecule has 1 heterocycles. The maximum Gasteiger partial charge on any atom is 0.189 e. The highest BCUT2D eigenvalue weighted by Gasteiger charge is 2.16. The van der Waals surface area contributed by atoms with Crippen molar-refractivity contribution in [3.63, 3.8) is 0 Å². The van der Waals surface area contributed by atoms with Crippen LogP contribution in [0.2, 0.25) is 0 Å². The normalized spacial score (nSPS) is 10.3. The highest BCUT2D eigenvalue weighted by atomic mass is 16.5. The molecule has 0 saturated carbocycles. The summed E-state index contributed by atoms with van der Waals surface area (Å²) in [6.07, 6.45) is 0. The van der Waals surface area contributed by atoms with Crippen LogP contribution in [0.3, 0.4) is 0 Å². The smallest absolute Gasteiger partial charge is 0.189 e. The van der Waals surface area contributed by atoms with Crippen molar-refractivity contribution >= 4 is 0 Å². The van der Waals surface area contributed by atoms with Gasteiger partial charge in [-0.3, -0.25) is 0 Å². The quantitative estimate of drug-likeness (QED) is 0.741. The second kappa shape index (κ2) is 6.32. The molecular weight excluding hydrogens is 288 g/mol. The zero-order chi connectivity index (χ0) is 16.2. The van der Waals surface area contributed by atoms with E-state index in [-0.39, 0.29) is 12.3 Å². The number of hydrogen-bond acceptors (Lipinski definition) is 4. The minimum absolute atomic E-state index is 0.229. The predicted molar refractivity (Wildman–Crippen MR) is 86.3 cm³/mol.